The lowest BCUT2D eigenvalue weighted by Crippen LogP contribution is -2.15. The van der Waals surface area contributed by atoms with Crippen molar-refractivity contribution >= 4 is 23.1 Å². The second kappa shape index (κ2) is 7.19. The average molecular weight is 333 g/mol. The summed E-state index contributed by atoms with van der Waals surface area (Å²) in [7, 11) is 0. The molecule has 0 saturated heterocycles. The lowest BCUT2D eigenvalue weighted by molar-refractivity contribution is 0.102. The van der Waals surface area contributed by atoms with Crippen molar-refractivity contribution in [2.45, 2.75) is 0 Å². The Labute approximate surface area is 143 Å². The highest BCUT2D eigenvalue weighted by molar-refractivity contribution is 6.03. The zero-order valence-corrected chi connectivity index (χ0v) is 12.9. The largest absolute Gasteiger partial charge is 0.340 e. The van der Waals surface area contributed by atoms with E-state index in [1.165, 1.54) is 24.5 Å². The number of benzene rings is 2. The van der Waals surface area contributed by atoms with Crippen LogP contribution in [0.15, 0.2) is 60.9 Å². The van der Waals surface area contributed by atoms with Gasteiger partial charge in [-0.05, 0) is 36.4 Å². The Hall–Kier alpha value is -3.79. The molecule has 0 aliphatic carbocycles. The summed E-state index contributed by atoms with van der Waals surface area (Å²) in [4.78, 5) is 20.3. The maximum absolute atomic E-state index is 12.9. The monoisotopic (exact) mass is 333 g/mol. The number of hydrogen-bond acceptors (Lipinski definition) is 5. The van der Waals surface area contributed by atoms with Crippen LogP contribution in [0.25, 0.3) is 0 Å². The van der Waals surface area contributed by atoms with Gasteiger partial charge >= 0.3 is 0 Å². The molecule has 0 bridgehead atoms. The summed E-state index contributed by atoms with van der Waals surface area (Å²) < 4.78 is 12.9. The minimum Gasteiger partial charge on any atom is -0.340 e. The average Bonchev–Trinajstić information content (AvgIpc) is 2.64. The molecular weight excluding hydrogens is 321 g/mol. The first-order valence-corrected chi connectivity index (χ1v) is 7.31. The molecule has 2 aromatic carbocycles. The third kappa shape index (κ3) is 3.95. The summed E-state index contributed by atoms with van der Waals surface area (Å²) in [5.41, 5.74) is 1.52. The first-order valence-electron chi connectivity index (χ1n) is 7.31. The van der Waals surface area contributed by atoms with Crippen LogP contribution in [-0.2, 0) is 0 Å². The lowest BCUT2D eigenvalue weighted by Gasteiger charge is -2.08. The molecule has 0 fully saturated rings. The highest BCUT2D eigenvalue weighted by Crippen LogP contribution is 2.17. The number of carbonyl (C=O) groups excluding carboxylic acids is 1. The van der Waals surface area contributed by atoms with Crippen molar-refractivity contribution in [3.8, 4) is 6.07 Å². The Morgan fingerprint density at radius 3 is 2.60 bits per heavy atom. The van der Waals surface area contributed by atoms with Crippen molar-refractivity contribution in [1.29, 1.82) is 5.26 Å². The van der Waals surface area contributed by atoms with Crippen molar-refractivity contribution in [2.75, 3.05) is 10.6 Å². The van der Waals surface area contributed by atoms with E-state index in [4.69, 9.17) is 5.26 Å². The molecule has 1 amide bonds. The predicted molar refractivity (Wildman–Crippen MR) is 90.8 cm³/mol. The Balaban J connectivity index is 1.77. The fourth-order valence-corrected chi connectivity index (χ4v) is 2.11. The Morgan fingerprint density at radius 1 is 1.08 bits per heavy atom. The predicted octanol–water partition coefficient (Wildman–Crippen LogP) is 3.48. The minimum atomic E-state index is -0.466. The van der Waals surface area contributed by atoms with Gasteiger partial charge in [0, 0.05) is 11.8 Å². The highest BCUT2D eigenvalue weighted by Gasteiger charge is 2.11. The van der Waals surface area contributed by atoms with Crippen LogP contribution in [0.3, 0.4) is 0 Å². The van der Waals surface area contributed by atoms with Crippen LogP contribution in [0, 0.1) is 17.1 Å². The standard InChI is InChI=1S/C18H12FN5O/c19-13-5-7-14(8-6-13)23-17-9-16(21-11-22-17)18(25)24-15-4-2-1-3-12(15)10-20/h1-9,11H,(H,24,25)(H,21,22,23). The van der Waals surface area contributed by atoms with Gasteiger partial charge in [-0.1, -0.05) is 12.1 Å². The van der Waals surface area contributed by atoms with Crippen LogP contribution in [0.5, 0.6) is 0 Å². The topological polar surface area (TPSA) is 90.7 Å². The molecule has 2 N–H and O–H groups in total. The number of aromatic nitrogens is 2. The molecular formula is C18H12FN5O. The fraction of sp³-hybridized carbons (Fsp3) is 0. The minimum absolute atomic E-state index is 0.132. The van der Waals surface area contributed by atoms with Gasteiger partial charge in [0.15, 0.2) is 0 Å². The molecule has 1 aromatic heterocycles. The Kier molecular flexibility index (Phi) is 4.62. The van der Waals surface area contributed by atoms with Gasteiger partial charge in [-0.25, -0.2) is 14.4 Å². The molecule has 1 heterocycles. The van der Waals surface area contributed by atoms with Crippen molar-refractivity contribution in [3.05, 3.63) is 78.0 Å². The number of halogens is 1. The van der Waals surface area contributed by atoms with Crippen LogP contribution in [0.4, 0.5) is 21.6 Å². The SMILES string of the molecule is N#Cc1ccccc1NC(=O)c1cc(Nc2ccc(F)cc2)ncn1. The summed E-state index contributed by atoms with van der Waals surface area (Å²) in [6.45, 7) is 0. The van der Waals surface area contributed by atoms with Gasteiger partial charge in [-0.3, -0.25) is 4.79 Å². The van der Waals surface area contributed by atoms with E-state index in [0.717, 1.165) is 0 Å². The zero-order chi connectivity index (χ0) is 17.6. The van der Waals surface area contributed by atoms with E-state index < -0.39 is 5.91 Å². The van der Waals surface area contributed by atoms with Crippen molar-refractivity contribution in [3.63, 3.8) is 0 Å². The van der Waals surface area contributed by atoms with Gasteiger partial charge < -0.3 is 10.6 Å². The fourth-order valence-electron chi connectivity index (χ4n) is 2.11. The highest BCUT2D eigenvalue weighted by atomic mass is 19.1. The Morgan fingerprint density at radius 2 is 1.84 bits per heavy atom. The van der Waals surface area contributed by atoms with E-state index in [1.54, 1.807) is 36.4 Å². The van der Waals surface area contributed by atoms with Crippen molar-refractivity contribution < 1.29 is 9.18 Å². The number of carbonyl (C=O) groups is 1. The van der Waals surface area contributed by atoms with Gasteiger partial charge in [-0.2, -0.15) is 5.26 Å². The van der Waals surface area contributed by atoms with E-state index >= 15 is 0 Å². The summed E-state index contributed by atoms with van der Waals surface area (Å²) in [5, 5.41) is 14.7. The number of nitrogens with zero attached hydrogens (tertiary/aromatic N) is 3. The molecule has 0 unspecified atom stereocenters. The first kappa shape index (κ1) is 16.1. The lowest BCUT2D eigenvalue weighted by atomic mass is 10.2. The molecule has 0 radical (unpaired) electrons. The van der Waals surface area contributed by atoms with Crippen LogP contribution in [-0.4, -0.2) is 15.9 Å². The molecule has 25 heavy (non-hydrogen) atoms. The Bertz CT molecular complexity index is 950. The first-order chi connectivity index (χ1) is 12.2. The van der Waals surface area contributed by atoms with E-state index in [-0.39, 0.29) is 11.5 Å². The molecule has 122 valence electrons. The third-order valence-corrected chi connectivity index (χ3v) is 3.31. The van der Waals surface area contributed by atoms with E-state index in [0.29, 0.717) is 22.8 Å². The van der Waals surface area contributed by atoms with Gasteiger partial charge in [0.05, 0.1) is 11.3 Å². The number of amides is 1. The van der Waals surface area contributed by atoms with Crippen molar-refractivity contribution in [1.82, 2.24) is 9.97 Å². The molecule has 7 heteroatoms. The maximum Gasteiger partial charge on any atom is 0.274 e. The van der Waals surface area contributed by atoms with Gasteiger partial charge in [0.2, 0.25) is 0 Å². The number of anilines is 3. The number of para-hydroxylation sites is 1. The molecule has 0 spiro atoms. The normalized spacial score (nSPS) is 9.92. The second-order valence-electron chi connectivity index (χ2n) is 5.03. The molecule has 3 aromatic rings. The molecule has 0 saturated carbocycles. The maximum atomic E-state index is 12.9. The van der Waals surface area contributed by atoms with Crippen molar-refractivity contribution in [2.24, 2.45) is 0 Å². The van der Waals surface area contributed by atoms with Gasteiger partial charge in [0.1, 0.15) is 29.7 Å². The van der Waals surface area contributed by atoms with E-state index in [2.05, 4.69) is 20.6 Å². The van der Waals surface area contributed by atoms with Crippen LogP contribution >= 0.6 is 0 Å². The number of nitriles is 1. The second-order valence-corrected chi connectivity index (χ2v) is 5.03. The quantitative estimate of drug-likeness (QED) is 0.763. The van der Waals surface area contributed by atoms with E-state index in [9.17, 15) is 9.18 Å². The molecule has 0 atom stereocenters. The molecule has 6 nitrogen and oxygen atoms in total. The van der Waals surface area contributed by atoms with Gasteiger partial charge in [0.25, 0.3) is 5.91 Å². The molecule has 3 rings (SSSR count). The van der Waals surface area contributed by atoms with Crippen LogP contribution in [0.2, 0.25) is 0 Å². The number of hydrogen-bond donors (Lipinski definition) is 2. The number of rotatable bonds is 4. The zero-order valence-electron chi connectivity index (χ0n) is 12.9. The molecule has 0 aliphatic heterocycles. The smallest absolute Gasteiger partial charge is 0.274 e. The third-order valence-electron chi connectivity index (χ3n) is 3.31. The number of nitrogens with one attached hydrogen (secondary N) is 2. The van der Waals surface area contributed by atoms with E-state index in [1.807, 2.05) is 6.07 Å². The van der Waals surface area contributed by atoms with Gasteiger partial charge in [-0.15, -0.1) is 0 Å². The van der Waals surface area contributed by atoms with Crippen LogP contribution in [0.1, 0.15) is 16.1 Å². The summed E-state index contributed by atoms with van der Waals surface area (Å²) >= 11 is 0. The molecule has 0 aliphatic rings. The van der Waals surface area contributed by atoms with Crippen LogP contribution < -0.4 is 10.6 Å². The summed E-state index contributed by atoms with van der Waals surface area (Å²) in [5.74, 6) is -0.419. The summed E-state index contributed by atoms with van der Waals surface area (Å²) in [6.07, 6.45) is 1.25. The summed E-state index contributed by atoms with van der Waals surface area (Å²) in [6, 6.07) is 15.9.